The van der Waals surface area contributed by atoms with Crippen molar-refractivity contribution in [3.05, 3.63) is 42.2 Å². The second-order valence-corrected chi connectivity index (χ2v) is 4.78. The summed E-state index contributed by atoms with van der Waals surface area (Å²) in [5.74, 6) is -0.811. The first-order valence-corrected chi connectivity index (χ1v) is 6.38. The van der Waals surface area contributed by atoms with Gasteiger partial charge in [0.2, 0.25) is 0 Å². The summed E-state index contributed by atoms with van der Waals surface area (Å²) in [5, 5.41) is 3.65. The van der Waals surface area contributed by atoms with E-state index in [9.17, 15) is 18.0 Å². The number of benzene rings is 1. The number of hydrogen-bond donors (Lipinski definition) is 2. The van der Waals surface area contributed by atoms with Crippen molar-refractivity contribution < 1.29 is 18.0 Å². The lowest BCUT2D eigenvalue weighted by Gasteiger charge is -2.09. The van der Waals surface area contributed by atoms with Gasteiger partial charge in [-0.25, -0.2) is 4.98 Å². The van der Waals surface area contributed by atoms with E-state index >= 15 is 0 Å². The van der Waals surface area contributed by atoms with E-state index in [0.717, 1.165) is 6.20 Å². The summed E-state index contributed by atoms with van der Waals surface area (Å²) in [5.41, 5.74) is 11.5. The molecule has 23 heavy (non-hydrogen) atoms. The maximum absolute atomic E-state index is 12.9. The number of alkyl halides is 3. The monoisotopic (exact) mass is 321 g/mol. The van der Waals surface area contributed by atoms with Crippen LogP contribution in [0, 0.1) is 0 Å². The van der Waals surface area contributed by atoms with Crippen LogP contribution in [0.15, 0.2) is 36.7 Å². The Bertz CT molecular complexity index is 916. The van der Waals surface area contributed by atoms with Crippen LogP contribution in [-0.4, -0.2) is 20.7 Å². The molecular formula is C14H10F3N5O. The van der Waals surface area contributed by atoms with Crippen LogP contribution in [0.1, 0.15) is 10.4 Å². The maximum atomic E-state index is 12.9. The molecule has 1 amide bonds. The number of rotatable bonds is 2. The summed E-state index contributed by atoms with van der Waals surface area (Å²) < 4.78 is 38.7. The molecule has 0 aliphatic carbocycles. The molecule has 6 nitrogen and oxygen atoms in total. The van der Waals surface area contributed by atoms with Crippen molar-refractivity contribution in [1.29, 1.82) is 0 Å². The van der Waals surface area contributed by atoms with E-state index in [0.29, 0.717) is 11.1 Å². The molecule has 0 unspecified atom stereocenters. The normalized spacial score (nSPS) is 11.8. The minimum absolute atomic E-state index is 0.00252. The van der Waals surface area contributed by atoms with E-state index in [1.54, 1.807) is 6.07 Å². The van der Waals surface area contributed by atoms with Gasteiger partial charge < -0.3 is 11.5 Å². The number of carbonyl (C=O) groups excluding carboxylic acids is 1. The topological polar surface area (TPSA) is 99.8 Å². The molecule has 1 aromatic carbocycles. The van der Waals surface area contributed by atoms with Crippen LogP contribution in [0.3, 0.4) is 0 Å². The molecule has 0 saturated heterocycles. The van der Waals surface area contributed by atoms with Crippen molar-refractivity contribution in [2.24, 2.45) is 5.73 Å². The van der Waals surface area contributed by atoms with E-state index in [-0.39, 0.29) is 27.0 Å². The van der Waals surface area contributed by atoms with Crippen LogP contribution in [0.25, 0.3) is 22.0 Å². The Balaban J connectivity index is 2.24. The van der Waals surface area contributed by atoms with Gasteiger partial charge in [-0.1, -0.05) is 12.1 Å². The van der Waals surface area contributed by atoms with E-state index in [4.69, 9.17) is 11.5 Å². The molecule has 0 fully saturated rings. The first kappa shape index (κ1) is 14.8. The standard InChI is InChI=1S/C14H10F3N5O/c15-14(16,17)22-11-3-1-2-8(10(11)6-21-22)7-4-9(13(19)23)12(18)20-5-7/h1-6H,(H2,18,20)(H2,19,23). The fourth-order valence-electron chi connectivity index (χ4n) is 2.32. The molecule has 3 rings (SSSR count). The number of nitrogens with zero attached hydrogens (tertiary/aromatic N) is 3. The number of halogens is 3. The summed E-state index contributed by atoms with van der Waals surface area (Å²) in [6.07, 6.45) is -2.15. The summed E-state index contributed by atoms with van der Waals surface area (Å²) in [6.45, 7) is 0. The van der Waals surface area contributed by atoms with Crippen molar-refractivity contribution in [2.45, 2.75) is 6.30 Å². The minimum atomic E-state index is -4.63. The highest BCUT2D eigenvalue weighted by Crippen LogP contribution is 2.33. The van der Waals surface area contributed by atoms with Gasteiger partial charge in [0.05, 0.1) is 17.3 Å². The second kappa shape index (κ2) is 4.97. The SMILES string of the molecule is NC(=O)c1cc(-c2cccc3c2cnn3C(F)(F)F)cnc1N. The number of aromatic nitrogens is 3. The zero-order valence-electron chi connectivity index (χ0n) is 11.5. The predicted octanol–water partition coefficient (Wildman–Crippen LogP) is 2.26. The zero-order chi connectivity index (χ0) is 16.8. The smallest absolute Gasteiger partial charge is 0.383 e. The summed E-state index contributed by atoms with van der Waals surface area (Å²) >= 11 is 0. The highest BCUT2D eigenvalue weighted by Gasteiger charge is 2.33. The molecule has 0 spiro atoms. The van der Waals surface area contributed by atoms with Gasteiger partial charge in [-0.3, -0.25) is 4.79 Å². The third-order valence-electron chi connectivity index (χ3n) is 3.35. The average molecular weight is 321 g/mol. The fourth-order valence-corrected chi connectivity index (χ4v) is 2.32. The van der Waals surface area contributed by atoms with Crippen molar-refractivity contribution in [3.8, 4) is 11.1 Å². The number of nitrogen functional groups attached to an aromatic ring is 1. The number of amides is 1. The summed E-state index contributed by atoms with van der Waals surface area (Å²) in [7, 11) is 0. The Morgan fingerprint density at radius 3 is 2.61 bits per heavy atom. The molecule has 4 N–H and O–H groups in total. The lowest BCUT2D eigenvalue weighted by molar-refractivity contribution is -0.209. The number of pyridine rings is 1. The zero-order valence-corrected chi connectivity index (χ0v) is 11.5. The molecular weight excluding hydrogens is 311 g/mol. The van der Waals surface area contributed by atoms with Gasteiger partial charge >= 0.3 is 6.30 Å². The maximum Gasteiger partial charge on any atom is 0.505 e. The number of hydrogen-bond acceptors (Lipinski definition) is 4. The Hall–Kier alpha value is -3.10. The number of anilines is 1. The first-order valence-electron chi connectivity index (χ1n) is 6.38. The Morgan fingerprint density at radius 2 is 1.96 bits per heavy atom. The van der Waals surface area contributed by atoms with E-state index < -0.39 is 12.2 Å². The highest BCUT2D eigenvalue weighted by molar-refractivity contribution is 6.00. The Kier molecular flexibility index (Phi) is 3.20. The number of nitrogens with two attached hydrogens (primary N) is 2. The lowest BCUT2D eigenvalue weighted by atomic mass is 10.0. The van der Waals surface area contributed by atoms with Crippen molar-refractivity contribution in [1.82, 2.24) is 14.8 Å². The van der Waals surface area contributed by atoms with Gasteiger partial charge in [0.1, 0.15) is 5.82 Å². The van der Waals surface area contributed by atoms with Gasteiger partial charge in [0.25, 0.3) is 5.91 Å². The van der Waals surface area contributed by atoms with Crippen molar-refractivity contribution >= 4 is 22.6 Å². The van der Waals surface area contributed by atoms with Crippen molar-refractivity contribution in [2.75, 3.05) is 5.73 Å². The van der Waals surface area contributed by atoms with E-state index in [1.807, 2.05) is 0 Å². The molecule has 3 aromatic rings. The molecule has 118 valence electrons. The fraction of sp³-hybridized carbons (Fsp3) is 0.0714. The third-order valence-corrected chi connectivity index (χ3v) is 3.35. The van der Waals surface area contributed by atoms with Crippen LogP contribution in [0.4, 0.5) is 19.0 Å². The molecule has 0 aliphatic heterocycles. The minimum Gasteiger partial charge on any atom is -0.383 e. The summed E-state index contributed by atoms with van der Waals surface area (Å²) in [6, 6.07) is 5.76. The van der Waals surface area contributed by atoms with Crippen LogP contribution in [0.5, 0.6) is 0 Å². The van der Waals surface area contributed by atoms with Gasteiger partial charge in [0.15, 0.2) is 0 Å². The molecule has 9 heteroatoms. The van der Waals surface area contributed by atoms with Gasteiger partial charge in [0, 0.05) is 17.1 Å². The molecule has 0 radical (unpaired) electrons. The van der Waals surface area contributed by atoms with Crippen molar-refractivity contribution in [3.63, 3.8) is 0 Å². The largest absolute Gasteiger partial charge is 0.505 e. The van der Waals surface area contributed by atoms with Gasteiger partial charge in [-0.2, -0.15) is 9.78 Å². The van der Waals surface area contributed by atoms with Crippen LogP contribution in [0.2, 0.25) is 0 Å². The summed E-state index contributed by atoms with van der Waals surface area (Å²) in [4.78, 5) is 15.2. The van der Waals surface area contributed by atoms with Crippen LogP contribution in [-0.2, 0) is 6.30 Å². The number of fused-ring (bicyclic) bond motifs is 1. The molecule has 2 aromatic heterocycles. The third kappa shape index (κ3) is 2.45. The quantitative estimate of drug-likeness (QED) is 0.756. The molecule has 0 aliphatic rings. The molecule has 0 bridgehead atoms. The second-order valence-electron chi connectivity index (χ2n) is 4.78. The average Bonchev–Trinajstić information content (AvgIpc) is 2.91. The first-order chi connectivity index (χ1) is 10.8. The van der Waals surface area contributed by atoms with Gasteiger partial charge in [-0.15, -0.1) is 13.2 Å². The number of carbonyl (C=O) groups is 1. The van der Waals surface area contributed by atoms with E-state index in [2.05, 4.69) is 10.1 Å². The number of primary amides is 1. The predicted molar refractivity (Wildman–Crippen MR) is 77.2 cm³/mol. The lowest BCUT2D eigenvalue weighted by Crippen LogP contribution is -2.17. The van der Waals surface area contributed by atoms with E-state index in [1.165, 1.54) is 24.4 Å². The molecule has 0 atom stereocenters. The highest BCUT2D eigenvalue weighted by atomic mass is 19.4. The molecule has 2 heterocycles. The van der Waals surface area contributed by atoms with Crippen LogP contribution < -0.4 is 11.5 Å². The Labute approximate surface area is 127 Å². The Morgan fingerprint density at radius 1 is 1.22 bits per heavy atom. The van der Waals surface area contributed by atoms with Crippen LogP contribution >= 0.6 is 0 Å². The molecule has 0 saturated carbocycles. The van der Waals surface area contributed by atoms with Gasteiger partial charge in [-0.05, 0) is 17.7 Å².